The van der Waals surface area contributed by atoms with Gasteiger partial charge < -0.3 is 14.8 Å². The Balaban J connectivity index is 1.67. The lowest BCUT2D eigenvalue weighted by Crippen LogP contribution is -2.20. The van der Waals surface area contributed by atoms with Crippen molar-refractivity contribution in [3.63, 3.8) is 0 Å². The number of carbonyl (C=O) groups is 1. The zero-order valence-electron chi connectivity index (χ0n) is 13.8. The molecule has 0 saturated carbocycles. The summed E-state index contributed by atoms with van der Waals surface area (Å²) < 4.78 is 12.2. The van der Waals surface area contributed by atoms with Gasteiger partial charge >= 0.3 is 0 Å². The monoisotopic (exact) mass is 339 g/mol. The van der Waals surface area contributed by atoms with Crippen LogP contribution in [0, 0.1) is 6.92 Å². The number of benzene rings is 2. The van der Waals surface area contributed by atoms with E-state index in [1.54, 1.807) is 25.3 Å². The Kier molecular flexibility index (Phi) is 4.89. The van der Waals surface area contributed by atoms with Gasteiger partial charge in [-0.3, -0.25) is 4.79 Å². The van der Waals surface area contributed by atoms with Gasteiger partial charge in [-0.05, 0) is 47.7 Å². The molecule has 0 spiro atoms. The Morgan fingerprint density at radius 1 is 1.20 bits per heavy atom. The highest BCUT2D eigenvalue weighted by atomic mass is 16.5. The second-order valence-electron chi connectivity index (χ2n) is 5.29. The molecule has 3 rings (SSSR count). The quantitative estimate of drug-likeness (QED) is 0.738. The number of methoxy groups -OCH3 is 1. The van der Waals surface area contributed by atoms with Crippen molar-refractivity contribution in [1.82, 2.24) is 20.2 Å². The molecule has 1 heterocycles. The van der Waals surface area contributed by atoms with Gasteiger partial charge in [-0.2, -0.15) is 4.68 Å². The minimum atomic E-state index is -0.270. The molecule has 1 N–H and O–H groups in total. The predicted octanol–water partition coefficient (Wildman–Crippen LogP) is 2.00. The normalized spacial score (nSPS) is 10.3. The van der Waals surface area contributed by atoms with E-state index in [9.17, 15) is 4.79 Å². The fourth-order valence-corrected chi connectivity index (χ4v) is 2.20. The van der Waals surface area contributed by atoms with Crippen molar-refractivity contribution in [2.75, 3.05) is 19.0 Å². The number of amides is 1. The minimum absolute atomic E-state index is 0.0880. The van der Waals surface area contributed by atoms with Crippen LogP contribution in [0.1, 0.15) is 5.56 Å². The molecule has 3 aromatic rings. The van der Waals surface area contributed by atoms with E-state index in [-0.39, 0.29) is 12.5 Å². The summed E-state index contributed by atoms with van der Waals surface area (Å²) in [5.41, 5.74) is 2.33. The molecule has 1 aromatic heterocycles. The van der Waals surface area contributed by atoms with Crippen molar-refractivity contribution < 1.29 is 14.3 Å². The lowest BCUT2D eigenvalue weighted by atomic mass is 10.2. The van der Waals surface area contributed by atoms with E-state index in [4.69, 9.17) is 9.47 Å². The van der Waals surface area contributed by atoms with Gasteiger partial charge in [0.05, 0.1) is 7.11 Å². The third-order valence-electron chi connectivity index (χ3n) is 3.45. The maximum absolute atomic E-state index is 12.1. The van der Waals surface area contributed by atoms with Crippen molar-refractivity contribution in [2.24, 2.45) is 0 Å². The Morgan fingerprint density at radius 3 is 2.68 bits per heavy atom. The average molecular weight is 339 g/mol. The van der Waals surface area contributed by atoms with Crippen LogP contribution in [0.3, 0.4) is 0 Å². The molecular weight excluding hydrogens is 322 g/mol. The van der Waals surface area contributed by atoms with Gasteiger partial charge in [-0.15, -0.1) is 5.10 Å². The van der Waals surface area contributed by atoms with Crippen molar-refractivity contribution >= 4 is 11.6 Å². The molecule has 2 aromatic carbocycles. The zero-order chi connectivity index (χ0) is 17.6. The number of anilines is 1. The SMILES string of the molecule is COc1ccc(NC(=O)COc2ccc(C)cc2)cc1-n1cnnn1. The van der Waals surface area contributed by atoms with Crippen molar-refractivity contribution in [1.29, 1.82) is 0 Å². The summed E-state index contributed by atoms with van der Waals surface area (Å²) in [6.45, 7) is 1.90. The minimum Gasteiger partial charge on any atom is -0.494 e. The van der Waals surface area contributed by atoms with Crippen LogP contribution in [-0.2, 0) is 4.79 Å². The van der Waals surface area contributed by atoms with Gasteiger partial charge in [0, 0.05) is 5.69 Å². The lowest BCUT2D eigenvalue weighted by Gasteiger charge is -2.11. The first-order valence-corrected chi connectivity index (χ1v) is 7.56. The van der Waals surface area contributed by atoms with Crippen LogP contribution < -0.4 is 14.8 Å². The molecule has 8 heteroatoms. The van der Waals surface area contributed by atoms with Gasteiger partial charge in [-0.25, -0.2) is 0 Å². The number of carbonyl (C=O) groups excluding carboxylic acids is 1. The number of ether oxygens (including phenoxy) is 2. The molecule has 128 valence electrons. The molecule has 0 aliphatic heterocycles. The molecule has 0 aliphatic rings. The topological polar surface area (TPSA) is 91.2 Å². The van der Waals surface area contributed by atoms with Gasteiger partial charge in [0.1, 0.15) is 23.5 Å². The number of hydrogen-bond acceptors (Lipinski definition) is 6. The Morgan fingerprint density at radius 2 is 2.00 bits per heavy atom. The number of nitrogens with zero attached hydrogens (tertiary/aromatic N) is 4. The highest BCUT2D eigenvalue weighted by Gasteiger charge is 2.10. The number of tetrazole rings is 1. The van der Waals surface area contributed by atoms with Crippen LogP contribution >= 0.6 is 0 Å². The Hall–Kier alpha value is -3.42. The Labute approximate surface area is 144 Å². The van der Waals surface area contributed by atoms with Crippen molar-refractivity contribution in [3.05, 3.63) is 54.4 Å². The standard InChI is InChI=1S/C17H17N5O3/c1-12-3-6-14(7-4-12)25-10-17(23)19-13-5-8-16(24-2)15(9-13)22-11-18-20-21-22/h3-9,11H,10H2,1-2H3,(H,19,23). The van der Waals surface area contributed by atoms with Crippen LogP contribution in [0.2, 0.25) is 0 Å². The molecule has 0 atom stereocenters. The highest BCUT2D eigenvalue weighted by Crippen LogP contribution is 2.25. The largest absolute Gasteiger partial charge is 0.494 e. The van der Waals surface area contributed by atoms with E-state index in [1.165, 1.54) is 11.0 Å². The molecule has 0 radical (unpaired) electrons. The lowest BCUT2D eigenvalue weighted by molar-refractivity contribution is -0.118. The first kappa shape index (κ1) is 16.4. The second-order valence-corrected chi connectivity index (χ2v) is 5.29. The van der Waals surface area contributed by atoms with E-state index in [0.29, 0.717) is 22.9 Å². The summed E-state index contributed by atoms with van der Waals surface area (Å²) in [6, 6.07) is 12.7. The summed E-state index contributed by atoms with van der Waals surface area (Å²) in [5, 5.41) is 13.8. The molecule has 1 amide bonds. The molecule has 8 nitrogen and oxygen atoms in total. The number of aromatic nitrogens is 4. The molecule has 25 heavy (non-hydrogen) atoms. The van der Waals surface area contributed by atoms with Crippen LogP contribution in [0.15, 0.2) is 48.8 Å². The van der Waals surface area contributed by atoms with Gasteiger partial charge in [-0.1, -0.05) is 17.7 Å². The van der Waals surface area contributed by atoms with Gasteiger partial charge in [0.25, 0.3) is 5.91 Å². The smallest absolute Gasteiger partial charge is 0.262 e. The number of hydrogen-bond donors (Lipinski definition) is 1. The first-order chi connectivity index (χ1) is 12.2. The number of aryl methyl sites for hydroxylation is 1. The molecule has 0 bridgehead atoms. The van der Waals surface area contributed by atoms with Crippen molar-refractivity contribution in [3.8, 4) is 17.2 Å². The van der Waals surface area contributed by atoms with Crippen LogP contribution in [-0.4, -0.2) is 39.8 Å². The van der Waals surface area contributed by atoms with E-state index in [1.807, 2.05) is 31.2 Å². The maximum Gasteiger partial charge on any atom is 0.262 e. The van der Waals surface area contributed by atoms with Crippen LogP contribution in [0.25, 0.3) is 5.69 Å². The van der Waals surface area contributed by atoms with Crippen LogP contribution in [0.5, 0.6) is 11.5 Å². The zero-order valence-corrected chi connectivity index (χ0v) is 13.8. The average Bonchev–Trinajstić information content (AvgIpc) is 3.16. The summed E-state index contributed by atoms with van der Waals surface area (Å²) >= 11 is 0. The number of rotatable bonds is 6. The molecule has 0 unspecified atom stereocenters. The predicted molar refractivity (Wildman–Crippen MR) is 91.0 cm³/mol. The fraction of sp³-hybridized carbons (Fsp3) is 0.176. The molecule has 0 fully saturated rings. The first-order valence-electron chi connectivity index (χ1n) is 7.56. The van der Waals surface area contributed by atoms with E-state index in [2.05, 4.69) is 20.8 Å². The van der Waals surface area contributed by atoms with E-state index < -0.39 is 0 Å². The summed E-state index contributed by atoms with van der Waals surface area (Å²) in [5.74, 6) is 0.958. The van der Waals surface area contributed by atoms with E-state index >= 15 is 0 Å². The third-order valence-corrected chi connectivity index (χ3v) is 3.45. The molecule has 0 aliphatic carbocycles. The van der Waals surface area contributed by atoms with Crippen molar-refractivity contribution in [2.45, 2.75) is 6.92 Å². The summed E-state index contributed by atoms with van der Waals surface area (Å²) in [4.78, 5) is 12.1. The highest BCUT2D eigenvalue weighted by molar-refractivity contribution is 5.92. The fourth-order valence-electron chi connectivity index (χ4n) is 2.20. The number of nitrogens with one attached hydrogen (secondary N) is 1. The molecular formula is C17H17N5O3. The maximum atomic E-state index is 12.1. The van der Waals surface area contributed by atoms with Crippen LogP contribution in [0.4, 0.5) is 5.69 Å². The van der Waals surface area contributed by atoms with Gasteiger partial charge in [0.2, 0.25) is 0 Å². The summed E-state index contributed by atoms with van der Waals surface area (Å²) in [6.07, 6.45) is 1.45. The summed E-state index contributed by atoms with van der Waals surface area (Å²) in [7, 11) is 1.55. The second kappa shape index (κ2) is 7.43. The van der Waals surface area contributed by atoms with Gasteiger partial charge in [0.15, 0.2) is 6.61 Å². The van der Waals surface area contributed by atoms with E-state index in [0.717, 1.165) is 5.56 Å². The molecule has 0 saturated heterocycles. The third kappa shape index (κ3) is 4.11. The Bertz CT molecular complexity index is 847.